The summed E-state index contributed by atoms with van der Waals surface area (Å²) < 4.78 is 32.1. The van der Waals surface area contributed by atoms with Gasteiger partial charge in [-0.05, 0) is 24.6 Å². The second-order valence-electron chi connectivity index (χ2n) is 3.14. The Hall–Kier alpha value is -1.27. The predicted octanol–water partition coefficient (Wildman–Crippen LogP) is 1.29. The fourth-order valence-electron chi connectivity index (χ4n) is 1.26. The Morgan fingerprint density at radius 3 is 2.60 bits per heavy atom. The molecule has 1 aromatic carbocycles. The summed E-state index contributed by atoms with van der Waals surface area (Å²) in [5.74, 6) is 0. The van der Waals surface area contributed by atoms with Crippen LogP contribution in [0.5, 0.6) is 0 Å². The first-order valence-corrected chi connectivity index (χ1v) is 5.95. The van der Waals surface area contributed by atoms with Crippen LogP contribution < -0.4 is 10.0 Å². The summed E-state index contributed by atoms with van der Waals surface area (Å²) in [5, 5.41) is 0. The van der Waals surface area contributed by atoms with Gasteiger partial charge in [0.2, 0.25) is 0 Å². The van der Waals surface area contributed by atoms with Gasteiger partial charge in [0.15, 0.2) is 0 Å². The van der Waals surface area contributed by atoms with Crippen molar-refractivity contribution in [1.29, 1.82) is 0 Å². The molecule has 0 saturated heterocycles. The van der Waals surface area contributed by atoms with Gasteiger partial charge in [-0.25, -0.2) is 4.31 Å². The lowest BCUT2D eigenvalue weighted by atomic mass is 10.3. The molecule has 1 aromatic rings. The molecule has 84 valence electrons. The van der Waals surface area contributed by atoms with Gasteiger partial charge < -0.3 is 5.73 Å². The lowest BCUT2D eigenvalue weighted by molar-refractivity contribution is 0.477. The van der Waals surface area contributed by atoms with Gasteiger partial charge in [0.05, 0.1) is 5.69 Å². The lowest BCUT2D eigenvalue weighted by Crippen LogP contribution is -2.30. The molecule has 1 rings (SSSR count). The molecule has 3 N–H and O–H groups in total. The van der Waals surface area contributed by atoms with Crippen LogP contribution in [0.3, 0.4) is 0 Å². The fourth-order valence-corrected chi connectivity index (χ4v) is 2.05. The minimum absolute atomic E-state index is 0.224. The van der Waals surface area contributed by atoms with E-state index in [-0.39, 0.29) is 6.54 Å². The van der Waals surface area contributed by atoms with Gasteiger partial charge in [-0.3, -0.25) is 4.55 Å². The molecule has 15 heavy (non-hydrogen) atoms. The summed E-state index contributed by atoms with van der Waals surface area (Å²) >= 11 is 0. The number of nitrogens with zero attached hydrogens (tertiary/aromatic N) is 1. The lowest BCUT2D eigenvalue weighted by Gasteiger charge is -2.20. The molecule has 0 aliphatic rings. The van der Waals surface area contributed by atoms with Crippen LogP contribution in [0.1, 0.15) is 13.3 Å². The molecule has 5 nitrogen and oxygen atoms in total. The van der Waals surface area contributed by atoms with Crippen LogP contribution in [0.15, 0.2) is 24.3 Å². The molecule has 0 aromatic heterocycles. The molecule has 0 fully saturated rings. The molecule has 0 spiro atoms. The van der Waals surface area contributed by atoms with Crippen molar-refractivity contribution in [2.24, 2.45) is 0 Å². The molecule has 6 heteroatoms. The van der Waals surface area contributed by atoms with Crippen LogP contribution in [0.25, 0.3) is 0 Å². The van der Waals surface area contributed by atoms with Crippen molar-refractivity contribution in [2.45, 2.75) is 13.3 Å². The molecule has 0 aliphatic carbocycles. The topological polar surface area (TPSA) is 83.6 Å². The monoisotopic (exact) mass is 230 g/mol. The Bertz CT molecular complexity index is 431. The highest BCUT2D eigenvalue weighted by atomic mass is 32.2. The molecular formula is C9H14N2O3S. The number of anilines is 2. The largest absolute Gasteiger partial charge is 0.399 e. The molecule has 0 amide bonds. The van der Waals surface area contributed by atoms with E-state index in [1.165, 1.54) is 6.07 Å². The predicted molar refractivity (Wildman–Crippen MR) is 60.0 cm³/mol. The van der Waals surface area contributed by atoms with Gasteiger partial charge >= 0.3 is 10.3 Å². The Morgan fingerprint density at radius 2 is 2.13 bits per heavy atom. The zero-order valence-corrected chi connectivity index (χ0v) is 9.24. The van der Waals surface area contributed by atoms with Crippen LogP contribution in [0.2, 0.25) is 0 Å². The van der Waals surface area contributed by atoms with E-state index >= 15 is 0 Å². The van der Waals surface area contributed by atoms with Crippen LogP contribution >= 0.6 is 0 Å². The van der Waals surface area contributed by atoms with Crippen LogP contribution in [0, 0.1) is 0 Å². The van der Waals surface area contributed by atoms with Crippen molar-refractivity contribution in [2.75, 3.05) is 16.6 Å². The van der Waals surface area contributed by atoms with Gasteiger partial charge in [0.25, 0.3) is 0 Å². The fraction of sp³-hybridized carbons (Fsp3) is 0.333. The summed E-state index contributed by atoms with van der Waals surface area (Å²) in [4.78, 5) is 0. The van der Waals surface area contributed by atoms with Crippen LogP contribution in [-0.2, 0) is 10.3 Å². The third-order valence-corrected chi connectivity index (χ3v) is 2.81. The molecule has 0 unspecified atom stereocenters. The number of benzene rings is 1. The first-order chi connectivity index (χ1) is 6.95. The second kappa shape index (κ2) is 4.50. The van der Waals surface area contributed by atoms with Crippen LogP contribution in [0.4, 0.5) is 11.4 Å². The van der Waals surface area contributed by atoms with Gasteiger partial charge in [-0.2, -0.15) is 8.42 Å². The van der Waals surface area contributed by atoms with Crippen molar-refractivity contribution >= 4 is 21.7 Å². The third-order valence-electron chi connectivity index (χ3n) is 1.86. The maximum atomic E-state index is 11.1. The van der Waals surface area contributed by atoms with Crippen LogP contribution in [-0.4, -0.2) is 19.5 Å². The average molecular weight is 230 g/mol. The Morgan fingerprint density at radius 1 is 1.47 bits per heavy atom. The van der Waals surface area contributed by atoms with Gasteiger partial charge in [0, 0.05) is 12.2 Å². The molecule has 0 heterocycles. The molecule has 0 radical (unpaired) electrons. The number of nitrogen functional groups attached to an aromatic ring is 1. The van der Waals surface area contributed by atoms with Crippen molar-refractivity contribution in [3.05, 3.63) is 24.3 Å². The summed E-state index contributed by atoms with van der Waals surface area (Å²) in [7, 11) is -4.22. The smallest absolute Gasteiger partial charge is 0.359 e. The third kappa shape index (κ3) is 3.10. The normalized spacial score (nSPS) is 11.3. The maximum absolute atomic E-state index is 11.1. The highest BCUT2D eigenvalue weighted by molar-refractivity contribution is 7.87. The minimum atomic E-state index is -4.22. The Labute approximate surface area is 89.4 Å². The molecule has 0 bridgehead atoms. The minimum Gasteiger partial charge on any atom is -0.399 e. The van der Waals surface area contributed by atoms with Crippen molar-refractivity contribution in [1.82, 2.24) is 0 Å². The highest BCUT2D eigenvalue weighted by Crippen LogP contribution is 2.20. The van der Waals surface area contributed by atoms with E-state index in [2.05, 4.69) is 0 Å². The van der Waals surface area contributed by atoms with E-state index in [1.54, 1.807) is 18.2 Å². The number of hydrogen-bond donors (Lipinski definition) is 2. The van der Waals surface area contributed by atoms with Crippen molar-refractivity contribution < 1.29 is 13.0 Å². The van der Waals surface area contributed by atoms with Crippen molar-refractivity contribution in [3.63, 3.8) is 0 Å². The summed E-state index contributed by atoms with van der Waals surface area (Å²) in [6.07, 6.45) is 0.606. The quantitative estimate of drug-likeness (QED) is 0.603. The second-order valence-corrected chi connectivity index (χ2v) is 4.48. The summed E-state index contributed by atoms with van der Waals surface area (Å²) in [5.41, 5.74) is 6.36. The highest BCUT2D eigenvalue weighted by Gasteiger charge is 2.18. The van der Waals surface area contributed by atoms with E-state index in [9.17, 15) is 8.42 Å². The molecule has 0 atom stereocenters. The summed E-state index contributed by atoms with van der Waals surface area (Å²) in [6, 6.07) is 6.37. The molecular weight excluding hydrogens is 216 g/mol. The maximum Gasteiger partial charge on any atom is 0.359 e. The zero-order valence-electron chi connectivity index (χ0n) is 8.42. The van der Waals surface area contributed by atoms with Gasteiger partial charge in [0.1, 0.15) is 0 Å². The molecule has 0 saturated carbocycles. The first kappa shape index (κ1) is 11.8. The standard InChI is InChI=1S/C9H14N2O3S/c1-2-6-11(15(12,13)14)9-5-3-4-8(10)7-9/h3-5,7H,2,6,10H2,1H3,(H,12,13,14). The average Bonchev–Trinajstić information content (AvgIpc) is 2.12. The number of hydrogen-bond acceptors (Lipinski definition) is 3. The Kier molecular flexibility index (Phi) is 3.54. The summed E-state index contributed by atoms with van der Waals surface area (Å²) in [6.45, 7) is 2.05. The molecule has 0 aliphatic heterocycles. The van der Waals surface area contributed by atoms with Crippen molar-refractivity contribution in [3.8, 4) is 0 Å². The first-order valence-electron chi connectivity index (χ1n) is 4.56. The van der Waals surface area contributed by atoms with Gasteiger partial charge in [-0.1, -0.05) is 13.0 Å². The van der Waals surface area contributed by atoms with Gasteiger partial charge in [-0.15, -0.1) is 0 Å². The van der Waals surface area contributed by atoms with E-state index in [4.69, 9.17) is 10.3 Å². The number of rotatable bonds is 4. The van der Waals surface area contributed by atoms with E-state index in [0.29, 0.717) is 17.8 Å². The van der Waals surface area contributed by atoms with E-state index in [1.807, 2.05) is 6.92 Å². The van der Waals surface area contributed by atoms with E-state index < -0.39 is 10.3 Å². The SMILES string of the molecule is CCCN(c1cccc(N)c1)S(=O)(=O)O. The zero-order chi connectivity index (χ0) is 11.5. The Balaban J connectivity index is 3.10. The van der Waals surface area contributed by atoms with E-state index in [0.717, 1.165) is 4.31 Å². The number of nitrogens with two attached hydrogens (primary N) is 1.